The largest absolute Gasteiger partial charge is 0.494 e. The smallest absolute Gasteiger partial charge is 0.262 e. The Morgan fingerprint density at radius 1 is 0.920 bits per heavy atom. The first kappa shape index (κ1) is 18.6. The Balaban J connectivity index is 1.80. The first-order chi connectivity index (χ1) is 12.2. The standard InChI is InChI=1S/C20H25NO4/c1-3-5-13-24-18-7-6-8-19(14-18)25-15-20(22)21-16-9-11-17(12-10-16)23-4-2/h6-12,14H,3-5,13,15H2,1-2H3,(H,21,22). The van der Waals surface area contributed by atoms with Crippen molar-refractivity contribution < 1.29 is 19.0 Å². The average Bonchev–Trinajstić information content (AvgIpc) is 2.63. The van der Waals surface area contributed by atoms with Gasteiger partial charge in [-0.1, -0.05) is 19.4 Å². The molecule has 2 aromatic rings. The van der Waals surface area contributed by atoms with Crippen molar-refractivity contribution in [3.8, 4) is 17.2 Å². The van der Waals surface area contributed by atoms with E-state index < -0.39 is 0 Å². The van der Waals surface area contributed by atoms with Crippen molar-refractivity contribution in [3.05, 3.63) is 48.5 Å². The minimum absolute atomic E-state index is 0.0639. The monoisotopic (exact) mass is 343 g/mol. The van der Waals surface area contributed by atoms with Crippen LogP contribution in [0.2, 0.25) is 0 Å². The van der Waals surface area contributed by atoms with Crippen molar-refractivity contribution >= 4 is 11.6 Å². The van der Waals surface area contributed by atoms with E-state index in [1.165, 1.54) is 0 Å². The third-order valence-electron chi connectivity index (χ3n) is 3.39. The van der Waals surface area contributed by atoms with Crippen molar-refractivity contribution in [1.82, 2.24) is 0 Å². The lowest BCUT2D eigenvalue weighted by Gasteiger charge is -2.10. The van der Waals surface area contributed by atoms with Gasteiger partial charge in [-0.2, -0.15) is 0 Å². The summed E-state index contributed by atoms with van der Waals surface area (Å²) in [4.78, 5) is 12.0. The molecule has 1 N–H and O–H groups in total. The summed E-state index contributed by atoms with van der Waals surface area (Å²) in [5.74, 6) is 1.91. The Morgan fingerprint density at radius 2 is 1.64 bits per heavy atom. The SMILES string of the molecule is CCCCOc1cccc(OCC(=O)Nc2ccc(OCC)cc2)c1. The molecule has 0 aliphatic carbocycles. The zero-order chi connectivity index (χ0) is 17.9. The molecule has 0 aromatic heterocycles. The lowest BCUT2D eigenvalue weighted by atomic mass is 10.3. The summed E-state index contributed by atoms with van der Waals surface area (Å²) in [6, 6.07) is 14.5. The van der Waals surface area contributed by atoms with Crippen LogP contribution in [0, 0.1) is 0 Å². The van der Waals surface area contributed by atoms with Gasteiger partial charge in [0, 0.05) is 11.8 Å². The summed E-state index contributed by atoms with van der Waals surface area (Å²) >= 11 is 0. The lowest BCUT2D eigenvalue weighted by Crippen LogP contribution is -2.20. The molecule has 5 heteroatoms. The fourth-order valence-electron chi connectivity index (χ4n) is 2.14. The molecule has 0 fully saturated rings. The number of benzene rings is 2. The number of ether oxygens (including phenoxy) is 3. The maximum Gasteiger partial charge on any atom is 0.262 e. The van der Waals surface area contributed by atoms with Gasteiger partial charge in [-0.05, 0) is 49.7 Å². The van der Waals surface area contributed by atoms with E-state index in [4.69, 9.17) is 14.2 Å². The first-order valence-electron chi connectivity index (χ1n) is 8.59. The van der Waals surface area contributed by atoms with Crippen LogP contribution in [0.4, 0.5) is 5.69 Å². The van der Waals surface area contributed by atoms with E-state index in [9.17, 15) is 4.79 Å². The quantitative estimate of drug-likeness (QED) is 0.654. The van der Waals surface area contributed by atoms with Crippen molar-refractivity contribution in [2.24, 2.45) is 0 Å². The molecule has 2 rings (SSSR count). The fourth-order valence-corrected chi connectivity index (χ4v) is 2.14. The predicted molar refractivity (Wildman–Crippen MR) is 98.6 cm³/mol. The zero-order valence-electron chi connectivity index (χ0n) is 14.8. The fraction of sp³-hybridized carbons (Fsp3) is 0.350. The van der Waals surface area contributed by atoms with Crippen LogP contribution >= 0.6 is 0 Å². The van der Waals surface area contributed by atoms with Crippen molar-refractivity contribution in [1.29, 1.82) is 0 Å². The van der Waals surface area contributed by atoms with Crippen LogP contribution < -0.4 is 19.5 Å². The van der Waals surface area contributed by atoms with E-state index in [2.05, 4.69) is 12.2 Å². The number of hydrogen-bond donors (Lipinski definition) is 1. The average molecular weight is 343 g/mol. The summed E-state index contributed by atoms with van der Waals surface area (Å²) in [6.45, 7) is 5.27. The first-order valence-corrected chi connectivity index (χ1v) is 8.59. The minimum atomic E-state index is -0.221. The number of anilines is 1. The molecule has 0 bridgehead atoms. The molecule has 0 radical (unpaired) electrons. The van der Waals surface area contributed by atoms with Crippen molar-refractivity contribution in [3.63, 3.8) is 0 Å². The highest BCUT2D eigenvalue weighted by Gasteiger charge is 2.05. The molecule has 0 aliphatic rings. The van der Waals surface area contributed by atoms with Gasteiger partial charge in [0.25, 0.3) is 5.91 Å². The molecule has 0 atom stereocenters. The van der Waals surface area contributed by atoms with Gasteiger partial charge < -0.3 is 19.5 Å². The second-order valence-corrected chi connectivity index (χ2v) is 5.47. The van der Waals surface area contributed by atoms with Gasteiger partial charge in [-0.3, -0.25) is 4.79 Å². The maximum atomic E-state index is 12.0. The number of rotatable bonds is 10. The number of nitrogens with one attached hydrogen (secondary N) is 1. The molecule has 0 saturated heterocycles. The molecule has 134 valence electrons. The molecule has 5 nitrogen and oxygen atoms in total. The lowest BCUT2D eigenvalue weighted by molar-refractivity contribution is -0.118. The molecule has 0 spiro atoms. The van der Waals surface area contributed by atoms with Gasteiger partial charge in [0.05, 0.1) is 13.2 Å². The van der Waals surface area contributed by atoms with Crippen molar-refractivity contribution in [2.45, 2.75) is 26.7 Å². The van der Waals surface area contributed by atoms with E-state index >= 15 is 0 Å². The summed E-state index contributed by atoms with van der Waals surface area (Å²) < 4.78 is 16.5. The Hall–Kier alpha value is -2.69. The van der Waals surface area contributed by atoms with Crippen LogP contribution in [0.1, 0.15) is 26.7 Å². The number of carbonyl (C=O) groups excluding carboxylic acids is 1. The van der Waals surface area contributed by atoms with Crippen LogP contribution in [0.5, 0.6) is 17.2 Å². The molecule has 2 aromatic carbocycles. The summed E-state index contributed by atoms with van der Waals surface area (Å²) in [6.07, 6.45) is 2.09. The molecule has 25 heavy (non-hydrogen) atoms. The van der Waals surface area contributed by atoms with Crippen LogP contribution in [-0.4, -0.2) is 25.7 Å². The Morgan fingerprint density at radius 3 is 2.32 bits per heavy atom. The van der Waals surface area contributed by atoms with Crippen LogP contribution in [0.15, 0.2) is 48.5 Å². The van der Waals surface area contributed by atoms with Gasteiger partial charge in [0.1, 0.15) is 17.2 Å². The normalized spacial score (nSPS) is 10.2. The summed E-state index contributed by atoms with van der Waals surface area (Å²) in [5, 5.41) is 2.79. The van der Waals surface area contributed by atoms with Gasteiger partial charge in [0.15, 0.2) is 6.61 Å². The Kier molecular flexibility index (Phi) is 7.63. The predicted octanol–water partition coefficient (Wildman–Crippen LogP) is 4.28. The highest BCUT2D eigenvalue weighted by molar-refractivity contribution is 5.91. The zero-order valence-corrected chi connectivity index (χ0v) is 14.8. The van der Waals surface area contributed by atoms with E-state index in [1.54, 1.807) is 24.3 Å². The molecular formula is C20H25NO4. The highest BCUT2D eigenvalue weighted by atomic mass is 16.5. The van der Waals surface area contributed by atoms with Crippen molar-refractivity contribution in [2.75, 3.05) is 25.1 Å². The molecule has 0 aliphatic heterocycles. The summed E-state index contributed by atoms with van der Waals surface area (Å²) in [7, 11) is 0. The molecule has 1 amide bonds. The summed E-state index contributed by atoms with van der Waals surface area (Å²) in [5.41, 5.74) is 0.703. The van der Waals surface area contributed by atoms with Crippen LogP contribution in [0.3, 0.4) is 0 Å². The second kappa shape index (κ2) is 10.2. The molecular weight excluding hydrogens is 318 g/mol. The van der Waals surface area contributed by atoms with Crippen LogP contribution in [-0.2, 0) is 4.79 Å². The third kappa shape index (κ3) is 6.75. The molecule has 0 heterocycles. The van der Waals surface area contributed by atoms with E-state index in [-0.39, 0.29) is 12.5 Å². The van der Waals surface area contributed by atoms with E-state index in [1.807, 2.05) is 31.2 Å². The number of carbonyl (C=O) groups is 1. The Labute approximate surface area is 148 Å². The van der Waals surface area contributed by atoms with E-state index in [0.717, 1.165) is 24.3 Å². The number of unbranched alkanes of at least 4 members (excludes halogenated alkanes) is 1. The molecule has 0 saturated carbocycles. The third-order valence-corrected chi connectivity index (χ3v) is 3.39. The maximum absolute atomic E-state index is 12.0. The number of amides is 1. The van der Waals surface area contributed by atoms with Gasteiger partial charge in [-0.25, -0.2) is 0 Å². The van der Waals surface area contributed by atoms with Gasteiger partial charge in [0.2, 0.25) is 0 Å². The van der Waals surface area contributed by atoms with Gasteiger partial charge >= 0.3 is 0 Å². The number of hydrogen-bond acceptors (Lipinski definition) is 4. The second-order valence-electron chi connectivity index (χ2n) is 5.47. The minimum Gasteiger partial charge on any atom is -0.494 e. The van der Waals surface area contributed by atoms with Gasteiger partial charge in [-0.15, -0.1) is 0 Å². The highest BCUT2D eigenvalue weighted by Crippen LogP contribution is 2.20. The Bertz CT molecular complexity index is 655. The molecule has 0 unspecified atom stereocenters. The topological polar surface area (TPSA) is 56.8 Å². The van der Waals surface area contributed by atoms with E-state index in [0.29, 0.717) is 24.7 Å². The van der Waals surface area contributed by atoms with Crippen LogP contribution in [0.25, 0.3) is 0 Å².